The molecule has 22 heavy (non-hydrogen) atoms. The van der Waals surface area contributed by atoms with Gasteiger partial charge in [0.25, 0.3) is 0 Å². The molecule has 1 aliphatic carbocycles. The van der Waals surface area contributed by atoms with E-state index in [1.165, 1.54) is 19.8 Å². The van der Waals surface area contributed by atoms with Crippen molar-refractivity contribution in [3.8, 4) is 0 Å². The molecular weight excluding hydrogens is 308 g/mol. The monoisotopic (exact) mass is 332 g/mol. The molecule has 0 aliphatic heterocycles. The lowest BCUT2D eigenvalue weighted by molar-refractivity contribution is -0.170. The van der Waals surface area contributed by atoms with Crippen LogP contribution in [0.15, 0.2) is 0 Å². The van der Waals surface area contributed by atoms with Crippen LogP contribution in [0.4, 0.5) is 0 Å². The number of carbonyl (C=O) groups excluding carboxylic acids is 2. The van der Waals surface area contributed by atoms with Gasteiger partial charge in [0, 0.05) is 19.3 Å². The Balaban J connectivity index is 2.33. The molecule has 0 aromatic heterocycles. The first-order chi connectivity index (χ1) is 10.4. The Labute approximate surface area is 134 Å². The van der Waals surface area contributed by atoms with Crippen molar-refractivity contribution < 1.29 is 29.0 Å². The zero-order valence-corrected chi connectivity index (χ0v) is 13.9. The van der Waals surface area contributed by atoms with E-state index in [9.17, 15) is 14.4 Å². The third-order valence-electron chi connectivity index (χ3n) is 3.57. The maximum atomic E-state index is 11.8. The maximum Gasteiger partial charge on any atom is 0.347 e. The number of esters is 1. The third-order valence-corrected chi connectivity index (χ3v) is 4.64. The van der Waals surface area contributed by atoms with Gasteiger partial charge < -0.3 is 14.6 Å². The standard InChI is InChI=1S/C15H24O6S/c1-10(9-22-11(2)16)15(19)21-13(14(17)18)8-20-7-12-5-3-4-6-12/h10,12-13H,3-9H2,1-2H3,(H,17,18)/t10-,13?/m1/s1. The molecule has 1 fully saturated rings. The van der Waals surface area contributed by atoms with Crippen LogP contribution in [-0.4, -0.2) is 47.2 Å². The SMILES string of the molecule is CC(=O)SC[C@@H](C)C(=O)OC(COCC1CCCC1)C(=O)O. The molecule has 0 radical (unpaired) electrons. The van der Waals surface area contributed by atoms with Crippen LogP contribution in [0.5, 0.6) is 0 Å². The highest BCUT2D eigenvalue weighted by molar-refractivity contribution is 8.13. The molecule has 0 aromatic rings. The summed E-state index contributed by atoms with van der Waals surface area (Å²) < 4.78 is 10.4. The van der Waals surface area contributed by atoms with E-state index < -0.39 is 24.0 Å². The average molecular weight is 332 g/mol. The van der Waals surface area contributed by atoms with E-state index in [1.807, 2.05) is 0 Å². The largest absolute Gasteiger partial charge is 0.478 e. The average Bonchev–Trinajstić information content (AvgIpc) is 2.96. The fourth-order valence-corrected chi connectivity index (χ4v) is 2.86. The van der Waals surface area contributed by atoms with Gasteiger partial charge in [-0.15, -0.1) is 0 Å². The van der Waals surface area contributed by atoms with Gasteiger partial charge in [-0.25, -0.2) is 4.79 Å². The minimum absolute atomic E-state index is 0.0886. The van der Waals surface area contributed by atoms with Crippen LogP contribution in [0, 0.1) is 11.8 Å². The smallest absolute Gasteiger partial charge is 0.347 e. The summed E-state index contributed by atoms with van der Waals surface area (Å²) in [4.78, 5) is 33.8. The van der Waals surface area contributed by atoms with Crippen LogP contribution in [0.25, 0.3) is 0 Å². The molecule has 7 heteroatoms. The van der Waals surface area contributed by atoms with Gasteiger partial charge in [-0.05, 0) is 18.8 Å². The van der Waals surface area contributed by atoms with Crippen molar-refractivity contribution in [2.24, 2.45) is 11.8 Å². The van der Waals surface area contributed by atoms with E-state index in [4.69, 9.17) is 14.6 Å². The lowest BCUT2D eigenvalue weighted by Gasteiger charge is -2.18. The Kier molecular flexibility index (Phi) is 8.48. The zero-order valence-electron chi connectivity index (χ0n) is 13.1. The van der Waals surface area contributed by atoms with Crippen molar-refractivity contribution in [2.45, 2.75) is 45.6 Å². The van der Waals surface area contributed by atoms with Gasteiger partial charge in [-0.3, -0.25) is 9.59 Å². The fraction of sp³-hybridized carbons (Fsp3) is 0.800. The number of carboxylic acids is 1. The van der Waals surface area contributed by atoms with Crippen molar-refractivity contribution in [3.05, 3.63) is 0 Å². The van der Waals surface area contributed by atoms with Gasteiger partial charge in [-0.1, -0.05) is 31.5 Å². The predicted octanol–water partition coefficient (Wildman–Crippen LogP) is 2.11. The van der Waals surface area contributed by atoms with Crippen LogP contribution in [0.3, 0.4) is 0 Å². The highest BCUT2D eigenvalue weighted by Crippen LogP contribution is 2.24. The highest BCUT2D eigenvalue weighted by Gasteiger charge is 2.26. The molecule has 0 spiro atoms. The second-order valence-electron chi connectivity index (χ2n) is 5.66. The Morgan fingerprint density at radius 2 is 1.91 bits per heavy atom. The molecule has 1 unspecified atom stereocenters. The number of hydrogen-bond donors (Lipinski definition) is 1. The molecule has 126 valence electrons. The topological polar surface area (TPSA) is 89.9 Å². The highest BCUT2D eigenvalue weighted by atomic mass is 32.2. The van der Waals surface area contributed by atoms with Crippen LogP contribution in [-0.2, 0) is 23.9 Å². The summed E-state index contributed by atoms with van der Waals surface area (Å²) in [5.74, 6) is -1.61. The van der Waals surface area contributed by atoms with Gasteiger partial charge in [0.15, 0.2) is 5.12 Å². The quantitative estimate of drug-likeness (QED) is 0.647. The van der Waals surface area contributed by atoms with Crippen molar-refractivity contribution >= 4 is 28.8 Å². The van der Waals surface area contributed by atoms with E-state index in [0.717, 1.165) is 24.6 Å². The number of aliphatic carboxylic acids is 1. The zero-order chi connectivity index (χ0) is 16.5. The van der Waals surface area contributed by atoms with Crippen molar-refractivity contribution in [2.75, 3.05) is 19.0 Å². The van der Waals surface area contributed by atoms with Crippen molar-refractivity contribution in [1.29, 1.82) is 0 Å². The second-order valence-corrected chi connectivity index (χ2v) is 6.85. The minimum Gasteiger partial charge on any atom is -0.478 e. The number of rotatable bonds is 9. The molecule has 0 amide bonds. The molecule has 1 saturated carbocycles. The van der Waals surface area contributed by atoms with Gasteiger partial charge in [-0.2, -0.15) is 0 Å². The second kappa shape index (κ2) is 9.84. The molecule has 0 aromatic carbocycles. The summed E-state index contributed by atoms with van der Waals surface area (Å²) in [7, 11) is 0. The lowest BCUT2D eigenvalue weighted by atomic mass is 10.1. The molecule has 6 nitrogen and oxygen atoms in total. The summed E-state index contributed by atoms with van der Waals surface area (Å²) in [5, 5.41) is 9.01. The van der Waals surface area contributed by atoms with Crippen molar-refractivity contribution in [3.63, 3.8) is 0 Å². The Morgan fingerprint density at radius 3 is 2.45 bits per heavy atom. The van der Waals surface area contributed by atoms with E-state index in [-0.39, 0.29) is 17.5 Å². The molecule has 0 saturated heterocycles. The molecular formula is C15H24O6S. The predicted molar refractivity (Wildman–Crippen MR) is 82.6 cm³/mol. The molecule has 0 heterocycles. The minimum atomic E-state index is -1.29. The van der Waals surface area contributed by atoms with E-state index in [2.05, 4.69) is 0 Å². The number of ether oxygens (including phenoxy) is 2. The number of thioether (sulfide) groups is 1. The molecule has 1 aliphatic rings. The normalized spacial score (nSPS) is 17.9. The van der Waals surface area contributed by atoms with E-state index >= 15 is 0 Å². The maximum absolute atomic E-state index is 11.8. The van der Waals surface area contributed by atoms with E-state index in [0.29, 0.717) is 12.5 Å². The number of hydrogen-bond acceptors (Lipinski definition) is 6. The van der Waals surface area contributed by atoms with Crippen LogP contribution < -0.4 is 0 Å². The van der Waals surface area contributed by atoms with Gasteiger partial charge >= 0.3 is 11.9 Å². The fourth-order valence-electron chi connectivity index (χ4n) is 2.24. The molecule has 0 bridgehead atoms. The summed E-state index contributed by atoms with van der Waals surface area (Å²) in [6.07, 6.45) is 3.31. The number of carboxylic acid groups (broad SMARTS) is 1. The lowest BCUT2D eigenvalue weighted by Crippen LogP contribution is -2.34. The summed E-state index contributed by atoms with van der Waals surface area (Å²) in [6, 6.07) is 0. The van der Waals surface area contributed by atoms with Gasteiger partial charge in [0.05, 0.1) is 12.5 Å². The Hall–Kier alpha value is -1.08. The van der Waals surface area contributed by atoms with Gasteiger partial charge in [0.1, 0.15) is 0 Å². The van der Waals surface area contributed by atoms with E-state index in [1.54, 1.807) is 6.92 Å². The first-order valence-corrected chi connectivity index (χ1v) is 8.53. The number of carbonyl (C=O) groups is 3. The van der Waals surface area contributed by atoms with Crippen LogP contribution in [0.2, 0.25) is 0 Å². The molecule has 1 rings (SSSR count). The summed E-state index contributed by atoms with van der Waals surface area (Å²) in [5.41, 5.74) is 0. The molecule has 2 atom stereocenters. The molecule has 1 N–H and O–H groups in total. The third kappa shape index (κ3) is 7.26. The van der Waals surface area contributed by atoms with Crippen LogP contribution >= 0.6 is 11.8 Å². The van der Waals surface area contributed by atoms with Crippen molar-refractivity contribution in [1.82, 2.24) is 0 Å². The van der Waals surface area contributed by atoms with Crippen LogP contribution in [0.1, 0.15) is 39.5 Å². The summed E-state index contributed by atoms with van der Waals surface area (Å²) >= 11 is 1.02. The first-order valence-electron chi connectivity index (χ1n) is 7.54. The first kappa shape index (κ1) is 19.0. The Bertz CT molecular complexity index is 391. The summed E-state index contributed by atoms with van der Waals surface area (Å²) in [6.45, 7) is 3.40. The Morgan fingerprint density at radius 1 is 1.27 bits per heavy atom. The van der Waals surface area contributed by atoms with Gasteiger partial charge in [0.2, 0.25) is 6.10 Å².